The molecule has 3 aromatic rings. The second-order valence-corrected chi connectivity index (χ2v) is 9.95. The van der Waals surface area contributed by atoms with Crippen LogP contribution in [0.5, 0.6) is 5.75 Å². The van der Waals surface area contributed by atoms with Gasteiger partial charge < -0.3 is 4.74 Å². The van der Waals surface area contributed by atoms with Crippen molar-refractivity contribution in [3.63, 3.8) is 0 Å². The van der Waals surface area contributed by atoms with Gasteiger partial charge in [-0.3, -0.25) is 4.79 Å². The number of thiazole rings is 1. The average Bonchev–Trinajstić information content (AvgIpc) is 3.17. The summed E-state index contributed by atoms with van der Waals surface area (Å²) < 4.78 is 6.80. The van der Waals surface area contributed by atoms with Crippen molar-refractivity contribution in [2.45, 2.75) is 39.0 Å². The third kappa shape index (κ3) is 5.16. The van der Waals surface area contributed by atoms with Crippen LogP contribution in [0.2, 0.25) is 0 Å². The van der Waals surface area contributed by atoms with Crippen LogP contribution in [0.1, 0.15) is 42.8 Å². The highest BCUT2D eigenvalue weighted by molar-refractivity contribution is 9.10. The minimum Gasteiger partial charge on any atom is -0.485 e. The first kappa shape index (κ1) is 22.2. The van der Waals surface area contributed by atoms with Crippen LogP contribution < -0.4 is 4.74 Å². The quantitative estimate of drug-likeness (QED) is 0.405. The van der Waals surface area contributed by atoms with E-state index in [4.69, 9.17) is 4.74 Å². The summed E-state index contributed by atoms with van der Waals surface area (Å²) in [7, 11) is 0. The molecule has 4 nitrogen and oxygen atoms in total. The van der Waals surface area contributed by atoms with Crippen molar-refractivity contribution < 1.29 is 9.53 Å². The van der Waals surface area contributed by atoms with Crippen molar-refractivity contribution >= 4 is 33.0 Å². The van der Waals surface area contributed by atoms with E-state index in [-0.39, 0.29) is 17.8 Å². The minimum absolute atomic E-state index is 0.144. The molecule has 3 rings (SSSR count). The number of benzene rings is 2. The number of rotatable bonds is 6. The zero-order chi connectivity index (χ0) is 21.9. The van der Waals surface area contributed by atoms with E-state index in [2.05, 4.69) is 47.8 Å². The van der Waals surface area contributed by atoms with Gasteiger partial charge in [0.25, 0.3) is 0 Å². The standard InChI is InChI=1S/C24H23BrN2O2S/c1-15-5-7-16(8-6-15)20-14-30-23(27-20)18(12-26)21(28)13-29-22-10-9-17(25)11-19(22)24(2,3)4/h5-11,14,18H,13H2,1-4H3. The van der Waals surface area contributed by atoms with Crippen molar-refractivity contribution in [1.82, 2.24) is 4.98 Å². The van der Waals surface area contributed by atoms with Crippen LogP contribution in [-0.2, 0) is 10.2 Å². The average molecular weight is 483 g/mol. The molecule has 0 bridgehead atoms. The summed E-state index contributed by atoms with van der Waals surface area (Å²) in [4.78, 5) is 17.3. The summed E-state index contributed by atoms with van der Waals surface area (Å²) in [6.45, 7) is 8.11. The zero-order valence-corrected chi connectivity index (χ0v) is 19.8. The molecule has 6 heteroatoms. The number of aromatic nitrogens is 1. The van der Waals surface area contributed by atoms with E-state index in [0.717, 1.165) is 21.3 Å². The van der Waals surface area contributed by atoms with Crippen LogP contribution in [0.15, 0.2) is 52.3 Å². The first-order valence-electron chi connectivity index (χ1n) is 9.56. The molecule has 2 aromatic carbocycles. The molecule has 1 aromatic heterocycles. The number of aryl methyl sites for hydroxylation is 1. The third-order valence-electron chi connectivity index (χ3n) is 4.69. The van der Waals surface area contributed by atoms with Crippen molar-refractivity contribution in [3.05, 3.63) is 68.5 Å². The number of nitriles is 1. The van der Waals surface area contributed by atoms with Gasteiger partial charge in [-0.25, -0.2) is 4.98 Å². The number of carbonyl (C=O) groups is 1. The normalized spacial score (nSPS) is 12.3. The Balaban J connectivity index is 1.76. The monoisotopic (exact) mass is 482 g/mol. The highest BCUT2D eigenvalue weighted by Gasteiger charge is 2.26. The number of ketones is 1. The number of nitrogens with zero attached hydrogens (tertiary/aromatic N) is 2. The van der Waals surface area contributed by atoms with Crippen molar-refractivity contribution in [2.75, 3.05) is 6.61 Å². The summed E-state index contributed by atoms with van der Waals surface area (Å²) in [6.07, 6.45) is 0. The molecule has 0 saturated carbocycles. The molecule has 0 amide bonds. The molecule has 0 aliphatic carbocycles. The number of hydrogen-bond donors (Lipinski definition) is 0. The van der Waals surface area contributed by atoms with Crippen LogP contribution >= 0.6 is 27.3 Å². The molecule has 1 heterocycles. The van der Waals surface area contributed by atoms with Gasteiger partial charge in [-0.15, -0.1) is 11.3 Å². The van der Waals surface area contributed by atoms with Crippen LogP contribution in [0.4, 0.5) is 0 Å². The molecule has 0 saturated heterocycles. The van der Waals surface area contributed by atoms with Gasteiger partial charge in [-0.1, -0.05) is 66.5 Å². The summed E-state index contributed by atoms with van der Waals surface area (Å²) in [5.74, 6) is -0.594. The molecular formula is C24H23BrN2O2S. The van der Waals surface area contributed by atoms with E-state index >= 15 is 0 Å². The summed E-state index contributed by atoms with van der Waals surface area (Å²) in [5, 5.41) is 12.0. The van der Waals surface area contributed by atoms with Crippen LogP contribution in [0, 0.1) is 18.3 Å². The second kappa shape index (κ2) is 9.11. The first-order valence-corrected chi connectivity index (χ1v) is 11.2. The fraction of sp³-hybridized carbons (Fsp3) is 0.292. The summed E-state index contributed by atoms with van der Waals surface area (Å²) in [6, 6.07) is 15.8. The number of carbonyl (C=O) groups excluding carboxylic acids is 1. The highest BCUT2D eigenvalue weighted by atomic mass is 79.9. The van der Waals surface area contributed by atoms with Gasteiger partial charge in [0.15, 0.2) is 11.7 Å². The molecule has 154 valence electrons. The Morgan fingerprint density at radius 2 is 1.93 bits per heavy atom. The lowest BCUT2D eigenvalue weighted by Gasteiger charge is -2.23. The Hall–Kier alpha value is -2.49. The third-order valence-corrected chi connectivity index (χ3v) is 6.09. The Kier molecular flexibility index (Phi) is 6.74. The summed E-state index contributed by atoms with van der Waals surface area (Å²) in [5.41, 5.74) is 3.75. The molecule has 30 heavy (non-hydrogen) atoms. The van der Waals surface area contributed by atoms with E-state index in [9.17, 15) is 10.1 Å². The number of ether oxygens (including phenoxy) is 1. The van der Waals surface area contributed by atoms with E-state index in [1.54, 1.807) is 0 Å². The highest BCUT2D eigenvalue weighted by Crippen LogP contribution is 2.34. The lowest BCUT2D eigenvalue weighted by molar-refractivity contribution is -0.121. The van der Waals surface area contributed by atoms with E-state index in [0.29, 0.717) is 10.8 Å². The molecule has 1 atom stereocenters. The molecule has 0 fully saturated rings. The van der Waals surface area contributed by atoms with Gasteiger partial charge >= 0.3 is 0 Å². The molecular weight excluding hydrogens is 460 g/mol. The first-order chi connectivity index (χ1) is 14.2. The second-order valence-electron chi connectivity index (χ2n) is 8.14. The smallest absolute Gasteiger partial charge is 0.194 e. The predicted molar refractivity (Wildman–Crippen MR) is 124 cm³/mol. The largest absolute Gasteiger partial charge is 0.485 e. The number of Topliss-reactive ketones (excluding diaryl/α,β-unsaturated/α-hetero) is 1. The molecule has 0 spiro atoms. The Bertz CT molecular complexity index is 1090. The van der Waals surface area contributed by atoms with E-state index < -0.39 is 5.92 Å². The van der Waals surface area contributed by atoms with Gasteiger partial charge in [0.05, 0.1) is 11.8 Å². The van der Waals surface area contributed by atoms with Crippen LogP contribution in [0.3, 0.4) is 0 Å². The minimum atomic E-state index is -0.942. The number of hydrogen-bond acceptors (Lipinski definition) is 5. The Morgan fingerprint density at radius 1 is 1.23 bits per heavy atom. The maximum Gasteiger partial charge on any atom is 0.194 e. The van der Waals surface area contributed by atoms with Crippen LogP contribution in [0.25, 0.3) is 11.3 Å². The fourth-order valence-corrected chi connectivity index (χ4v) is 4.24. The molecule has 0 aliphatic rings. The van der Waals surface area contributed by atoms with Crippen molar-refractivity contribution in [1.29, 1.82) is 5.26 Å². The topological polar surface area (TPSA) is 63.0 Å². The Morgan fingerprint density at radius 3 is 2.57 bits per heavy atom. The van der Waals surface area contributed by atoms with Gasteiger partial charge in [-0.05, 0) is 30.5 Å². The van der Waals surface area contributed by atoms with Gasteiger partial charge in [0.1, 0.15) is 17.4 Å². The Labute approximate surface area is 189 Å². The van der Waals surface area contributed by atoms with Gasteiger partial charge in [0, 0.05) is 21.0 Å². The van der Waals surface area contributed by atoms with Crippen molar-refractivity contribution in [2.24, 2.45) is 0 Å². The molecule has 1 unspecified atom stereocenters. The van der Waals surface area contributed by atoms with Crippen LogP contribution in [-0.4, -0.2) is 17.4 Å². The lowest BCUT2D eigenvalue weighted by Crippen LogP contribution is -2.21. The number of halogens is 1. The summed E-state index contributed by atoms with van der Waals surface area (Å²) >= 11 is 4.81. The van der Waals surface area contributed by atoms with E-state index in [1.165, 1.54) is 16.9 Å². The van der Waals surface area contributed by atoms with E-state index in [1.807, 2.05) is 54.8 Å². The van der Waals surface area contributed by atoms with Gasteiger partial charge in [0.2, 0.25) is 0 Å². The lowest BCUT2D eigenvalue weighted by atomic mass is 9.86. The molecule has 0 N–H and O–H groups in total. The molecule has 0 radical (unpaired) electrons. The maximum absolute atomic E-state index is 12.8. The van der Waals surface area contributed by atoms with Crippen molar-refractivity contribution in [3.8, 4) is 23.1 Å². The predicted octanol–water partition coefficient (Wildman–Crippen LogP) is 6.43. The maximum atomic E-state index is 12.8. The van der Waals surface area contributed by atoms with Gasteiger partial charge in [-0.2, -0.15) is 5.26 Å². The zero-order valence-electron chi connectivity index (χ0n) is 17.4. The SMILES string of the molecule is Cc1ccc(-c2csc(C(C#N)C(=O)COc3ccc(Br)cc3C(C)(C)C)n2)cc1. The molecule has 0 aliphatic heterocycles. The fourth-order valence-electron chi connectivity index (χ4n) is 2.99.